The van der Waals surface area contributed by atoms with Gasteiger partial charge in [-0.25, -0.2) is 9.78 Å². The van der Waals surface area contributed by atoms with E-state index in [2.05, 4.69) is 25.9 Å². The van der Waals surface area contributed by atoms with Crippen LogP contribution < -0.4 is 21.7 Å². The van der Waals surface area contributed by atoms with Gasteiger partial charge in [-0.3, -0.25) is 19.2 Å². The highest BCUT2D eigenvalue weighted by atomic mass is 16.4. The summed E-state index contributed by atoms with van der Waals surface area (Å²) in [7, 11) is 0. The van der Waals surface area contributed by atoms with Crippen LogP contribution in [0.1, 0.15) is 23.2 Å². The molecule has 10 N–H and O–H groups in total. The van der Waals surface area contributed by atoms with Crippen molar-refractivity contribution in [1.29, 1.82) is 0 Å². The number of benzene rings is 2. The van der Waals surface area contributed by atoms with Crippen LogP contribution in [0.15, 0.2) is 61.1 Å². The Kier molecular flexibility index (Phi) is 11.2. The van der Waals surface area contributed by atoms with Gasteiger partial charge in [0.25, 0.3) is 0 Å². The summed E-state index contributed by atoms with van der Waals surface area (Å²) in [5, 5.41) is 44.9. The summed E-state index contributed by atoms with van der Waals surface area (Å²) in [4.78, 5) is 69.2. The van der Waals surface area contributed by atoms with E-state index in [1.807, 2.05) is 0 Å². The second-order valence-corrected chi connectivity index (χ2v) is 9.75. The number of carboxylic acid groups (broad SMARTS) is 2. The summed E-state index contributed by atoms with van der Waals surface area (Å²) >= 11 is 0. The predicted molar refractivity (Wildman–Crippen MR) is 150 cm³/mol. The van der Waals surface area contributed by atoms with Gasteiger partial charge in [-0.2, -0.15) is 0 Å². The van der Waals surface area contributed by atoms with Crippen LogP contribution in [0.4, 0.5) is 0 Å². The zero-order chi connectivity index (χ0) is 31.5. The number of H-pyrrole nitrogens is 1. The topological polar surface area (TPSA) is 257 Å². The highest BCUT2D eigenvalue weighted by Crippen LogP contribution is 2.14. The maximum Gasteiger partial charge on any atom is 0.326 e. The van der Waals surface area contributed by atoms with Crippen LogP contribution in [0.3, 0.4) is 0 Å². The van der Waals surface area contributed by atoms with Crippen LogP contribution in [0, 0.1) is 0 Å². The van der Waals surface area contributed by atoms with Gasteiger partial charge in [-0.05, 0) is 35.4 Å². The number of phenolic OH excluding ortho intramolecular Hbond substituents is 2. The van der Waals surface area contributed by atoms with E-state index in [1.165, 1.54) is 61.1 Å². The Morgan fingerprint density at radius 1 is 0.721 bits per heavy atom. The van der Waals surface area contributed by atoms with E-state index in [0.29, 0.717) is 16.8 Å². The molecule has 1 aromatic heterocycles. The summed E-state index contributed by atoms with van der Waals surface area (Å²) in [6.07, 6.45) is 1.86. The Morgan fingerprint density at radius 2 is 1.19 bits per heavy atom. The third kappa shape index (κ3) is 10.2. The quantitative estimate of drug-likeness (QED) is 0.105. The van der Waals surface area contributed by atoms with Gasteiger partial charge in [0.05, 0.1) is 18.8 Å². The van der Waals surface area contributed by atoms with Gasteiger partial charge in [-0.1, -0.05) is 24.3 Å². The van der Waals surface area contributed by atoms with Gasteiger partial charge in [-0.15, -0.1) is 0 Å². The lowest BCUT2D eigenvalue weighted by Gasteiger charge is -2.25. The number of aromatic nitrogens is 2. The third-order valence-electron chi connectivity index (χ3n) is 6.34. The zero-order valence-electron chi connectivity index (χ0n) is 22.8. The van der Waals surface area contributed by atoms with Crippen molar-refractivity contribution in [1.82, 2.24) is 25.9 Å². The number of aliphatic carboxylic acids is 2. The molecule has 4 unspecified atom stereocenters. The molecule has 15 heteroatoms. The average molecular weight is 597 g/mol. The van der Waals surface area contributed by atoms with Crippen molar-refractivity contribution in [2.75, 3.05) is 0 Å². The minimum absolute atomic E-state index is 0.0182. The van der Waals surface area contributed by atoms with Crippen molar-refractivity contribution in [2.45, 2.75) is 49.9 Å². The molecule has 15 nitrogen and oxygen atoms in total. The molecule has 0 aliphatic rings. The molecule has 0 saturated carbocycles. The fourth-order valence-corrected chi connectivity index (χ4v) is 4.08. The van der Waals surface area contributed by atoms with Crippen molar-refractivity contribution >= 4 is 29.7 Å². The number of hydrogen-bond donors (Lipinski definition) is 9. The summed E-state index contributed by atoms with van der Waals surface area (Å²) in [6.45, 7) is 0. The SMILES string of the molecule is NC(Cc1cnc[nH]1)C(=O)NC(Cc1ccc(O)cc1)C(=O)NC(Cc1ccc(O)cc1)C(=O)NC(CC(=O)O)C(=O)O. The van der Waals surface area contributed by atoms with E-state index < -0.39 is 60.2 Å². The van der Waals surface area contributed by atoms with Gasteiger partial charge in [0, 0.05) is 31.2 Å². The van der Waals surface area contributed by atoms with Crippen LogP contribution >= 0.6 is 0 Å². The molecule has 0 aliphatic heterocycles. The highest BCUT2D eigenvalue weighted by molar-refractivity contribution is 5.95. The highest BCUT2D eigenvalue weighted by Gasteiger charge is 2.31. The number of nitrogens with one attached hydrogen (secondary N) is 4. The van der Waals surface area contributed by atoms with Crippen LogP contribution in [0.5, 0.6) is 11.5 Å². The maximum atomic E-state index is 13.6. The van der Waals surface area contributed by atoms with E-state index in [9.17, 15) is 39.3 Å². The van der Waals surface area contributed by atoms with E-state index >= 15 is 0 Å². The maximum absolute atomic E-state index is 13.6. The van der Waals surface area contributed by atoms with Crippen molar-refractivity contribution in [2.24, 2.45) is 5.73 Å². The average Bonchev–Trinajstić information content (AvgIpc) is 3.46. The third-order valence-corrected chi connectivity index (χ3v) is 6.34. The molecule has 0 radical (unpaired) electrons. The molecule has 228 valence electrons. The number of carbonyl (C=O) groups is 5. The van der Waals surface area contributed by atoms with E-state index in [1.54, 1.807) is 0 Å². The number of nitrogens with two attached hydrogens (primary N) is 1. The first-order valence-electron chi connectivity index (χ1n) is 13.1. The second kappa shape index (κ2) is 15.0. The predicted octanol–water partition coefficient (Wildman–Crippen LogP) is -0.810. The number of hydrogen-bond acceptors (Lipinski definition) is 9. The van der Waals surface area contributed by atoms with Gasteiger partial charge in [0.2, 0.25) is 17.7 Å². The molecule has 1 heterocycles. The summed E-state index contributed by atoms with van der Waals surface area (Å²) in [5.41, 5.74) is 7.65. The Morgan fingerprint density at radius 3 is 1.60 bits per heavy atom. The minimum atomic E-state index is -1.78. The first kappa shape index (κ1) is 32.1. The number of amides is 3. The number of nitrogens with zero attached hydrogens (tertiary/aromatic N) is 1. The number of carboxylic acids is 2. The Labute approximate surface area is 245 Å². The molecule has 2 aromatic carbocycles. The Balaban J connectivity index is 1.85. The Bertz CT molecular complexity index is 1410. The van der Waals surface area contributed by atoms with Gasteiger partial charge < -0.3 is 47.1 Å². The largest absolute Gasteiger partial charge is 0.508 e. The molecule has 0 saturated heterocycles. The zero-order valence-corrected chi connectivity index (χ0v) is 22.8. The molecular weight excluding hydrogens is 564 g/mol. The van der Waals surface area contributed by atoms with Crippen LogP contribution in [-0.2, 0) is 43.2 Å². The minimum Gasteiger partial charge on any atom is -0.508 e. The van der Waals surface area contributed by atoms with Crippen molar-refractivity contribution in [3.8, 4) is 11.5 Å². The molecule has 0 bridgehead atoms. The van der Waals surface area contributed by atoms with Crippen LogP contribution in [0.25, 0.3) is 0 Å². The lowest BCUT2D eigenvalue weighted by Crippen LogP contribution is -2.58. The van der Waals surface area contributed by atoms with Crippen molar-refractivity contribution in [3.63, 3.8) is 0 Å². The molecule has 3 rings (SSSR count). The van der Waals surface area contributed by atoms with Crippen molar-refractivity contribution in [3.05, 3.63) is 77.9 Å². The standard InChI is InChI=1S/C28H32N6O9/c29-20(11-17-13-30-14-31-17)25(39)32-21(9-15-1-5-18(35)6-2-15)26(40)33-22(10-16-3-7-19(36)8-4-16)27(41)34-23(28(42)43)12-24(37)38/h1-8,13-14,20-23,35-36H,9-12,29H2,(H,30,31)(H,32,39)(H,33,40)(H,34,41)(H,37,38)(H,42,43). The van der Waals surface area contributed by atoms with Crippen LogP contribution in [0.2, 0.25) is 0 Å². The second-order valence-electron chi connectivity index (χ2n) is 9.75. The first-order chi connectivity index (χ1) is 20.4. The van der Waals surface area contributed by atoms with Crippen molar-refractivity contribution < 1.29 is 44.4 Å². The lowest BCUT2D eigenvalue weighted by molar-refractivity contribution is -0.147. The fourth-order valence-electron chi connectivity index (χ4n) is 4.08. The number of rotatable bonds is 15. The van der Waals surface area contributed by atoms with Crippen LogP contribution in [-0.4, -0.2) is 84.2 Å². The smallest absolute Gasteiger partial charge is 0.326 e. The summed E-state index contributed by atoms with van der Waals surface area (Å²) in [6, 6.07) is 6.01. The molecular formula is C28H32N6O9. The Hall–Kier alpha value is -5.44. The number of aromatic amines is 1. The molecule has 4 atom stereocenters. The van der Waals surface area contributed by atoms with E-state index in [4.69, 9.17) is 10.8 Å². The molecule has 0 aliphatic carbocycles. The number of carbonyl (C=O) groups excluding carboxylic acids is 3. The molecule has 43 heavy (non-hydrogen) atoms. The van der Waals surface area contributed by atoms with Gasteiger partial charge in [0.1, 0.15) is 29.6 Å². The summed E-state index contributed by atoms with van der Waals surface area (Å²) < 4.78 is 0. The molecule has 0 fully saturated rings. The molecule has 0 spiro atoms. The summed E-state index contributed by atoms with van der Waals surface area (Å²) in [5.74, 6) is -5.61. The number of imidazole rings is 1. The molecule has 3 aromatic rings. The first-order valence-corrected chi connectivity index (χ1v) is 13.1. The number of phenols is 2. The monoisotopic (exact) mass is 596 g/mol. The van der Waals surface area contributed by atoms with E-state index in [-0.39, 0.29) is 30.8 Å². The fraction of sp³-hybridized carbons (Fsp3) is 0.286. The normalized spacial score (nSPS) is 13.6. The van der Waals surface area contributed by atoms with E-state index in [0.717, 1.165) is 0 Å². The van der Waals surface area contributed by atoms with Gasteiger partial charge in [0.15, 0.2) is 0 Å². The molecule has 3 amide bonds. The van der Waals surface area contributed by atoms with Gasteiger partial charge >= 0.3 is 11.9 Å². The lowest BCUT2D eigenvalue weighted by atomic mass is 10.0. The number of aromatic hydroxyl groups is 2.